The molecular weight excluding hydrogens is 452 g/mol. The summed E-state index contributed by atoms with van der Waals surface area (Å²) in [7, 11) is 4.18. The molecule has 0 aliphatic carbocycles. The van der Waals surface area contributed by atoms with Crippen LogP contribution in [0.1, 0.15) is 18.7 Å². The highest BCUT2D eigenvalue weighted by atomic mass is 16.5. The summed E-state index contributed by atoms with van der Waals surface area (Å²) in [6.07, 6.45) is 5.41. The number of anilines is 3. The number of aromatic nitrogens is 5. The van der Waals surface area contributed by atoms with E-state index in [2.05, 4.69) is 45.7 Å². The van der Waals surface area contributed by atoms with Gasteiger partial charge in [-0.3, -0.25) is 4.98 Å². The van der Waals surface area contributed by atoms with E-state index >= 15 is 0 Å². The maximum absolute atomic E-state index is 5.73. The molecule has 5 heterocycles. The Hall–Kier alpha value is -4.11. The Labute approximate surface area is 210 Å². The predicted molar refractivity (Wildman–Crippen MR) is 140 cm³/mol. The summed E-state index contributed by atoms with van der Waals surface area (Å²) in [6, 6.07) is 16.1. The molecule has 9 nitrogen and oxygen atoms in total. The van der Waals surface area contributed by atoms with Gasteiger partial charge in [0.05, 0.1) is 19.3 Å². The average molecular weight is 481 g/mol. The number of ether oxygens (including phenoxy) is 1. The smallest absolute Gasteiger partial charge is 0.182 e. The van der Waals surface area contributed by atoms with E-state index in [9.17, 15) is 0 Å². The molecule has 0 spiro atoms. The number of fused-ring (bicyclic) bond motifs is 1. The van der Waals surface area contributed by atoms with Crippen molar-refractivity contribution < 1.29 is 4.74 Å². The third kappa shape index (κ3) is 3.81. The van der Waals surface area contributed by atoms with Crippen LogP contribution in [0.2, 0.25) is 0 Å². The molecule has 0 saturated carbocycles. The summed E-state index contributed by atoms with van der Waals surface area (Å²) in [5.41, 5.74) is 3.80. The minimum Gasteiger partial charge on any atom is -0.377 e. The van der Waals surface area contributed by atoms with Gasteiger partial charge in [0.1, 0.15) is 17.5 Å². The maximum atomic E-state index is 5.73. The van der Waals surface area contributed by atoms with Gasteiger partial charge in [0.15, 0.2) is 23.3 Å². The first-order valence-corrected chi connectivity index (χ1v) is 12.1. The summed E-state index contributed by atoms with van der Waals surface area (Å²) in [6.45, 7) is 4.26. The molecule has 2 aliphatic heterocycles. The number of pyridine rings is 1. The van der Waals surface area contributed by atoms with Crippen molar-refractivity contribution in [1.29, 1.82) is 0 Å². The normalized spacial score (nSPS) is 19.5. The Kier molecular flexibility index (Phi) is 5.69. The molecule has 0 amide bonds. The number of hydrogen-bond donors (Lipinski definition) is 0. The molecule has 2 unspecified atom stereocenters. The minimum absolute atomic E-state index is 0.0204. The number of rotatable bonds is 4. The predicted octanol–water partition coefficient (Wildman–Crippen LogP) is 3.81. The van der Waals surface area contributed by atoms with Gasteiger partial charge in [-0.25, -0.2) is 19.9 Å². The second kappa shape index (κ2) is 9.16. The largest absolute Gasteiger partial charge is 0.377 e. The van der Waals surface area contributed by atoms with Gasteiger partial charge in [0.2, 0.25) is 0 Å². The van der Waals surface area contributed by atoms with Crippen LogP contribution in [0.15, 0.2) is 67.1 Å². The van der Waals surface area contributed by atoms with Crippen molar-refractivity contribution in [2.24, 2.45) is 0 Å². The van der Waals surface area contributed by atoms with E-state index in [-0.39, 0.29) is 12.2 Å². The lowest BCUT2D eigenvalue weighted by molar-refractivity contribution is 0.0986. The zero-order valence-electron chi connectivity index (χ0n) is 20.6. The van der Waals surface area contributed by atoms with Crippen LogP contribution in [0.5, 0.6) is 0 Å². The van der Waals surface area contributed by atoms with E-state index in [1.807, 2.05) is 60.9 Å². The monoisotopic (exact) mass is 480 g/mol. The Morgan fingerprint density at radius 3 is 2.39 bits per heavy atom. The summed E-state index contributed by atoms with van der Waals surface area (Å²) in [4.78, 5) is 30.5. The standard InChI is InChI=1S/C27H28N8O/c1-18-17-36-16-15-35(18)26-22-25(34(3)27(33(22)2)20-9-12-28-13-10-20)31-24(32-26)21-11-14-29-23(30-21)19-7-5-4-6-8-19/h4-14,18,27H,15-17H2,1-3H3. The van der Waals surface area contributed by atoms with E-state index in [4.69, 9.17) is 19.7 Å². The third-order valence-electron chi connectivity index (χ3n) is 6.83. The molecule has 182 valence electrons. The van der Waals surface area contributed by atoms with E-state index in [0.717, 1.165) is 35.0 Å². The molecule has 9 heteroatoms. The van der Waals surface area contributed by atoms with Crippen LogP contribution in [0.3, 0.4) is 0 Å². The zero-order valence-corrected chi connectivity index (χ0v) is 20.6. The fraction of sp³-hybridized carbons (Fsp3) is 0.296. The lowest BCUT2D eigenvalue weighted by atomic mass is 10.2. The van der Waals surface area contributed by atoms with Crippen molar-refractivity contribution in [3.05, 3.63) is 72.7 Å². The number of benzene rings is 1. The maximum Gasteiger partial charge on any atom is 0.182 e. The van der Waals surface area contributed by atoms with Crippen molar-refractivity contribution in [1.82, 2.24) is 24.9 Å². The summed E-state index contributed by atoms with van der Waals surface area (Å²) in [5.74, 6) is 3.01. The van der Waals surface area contributed by atoms with Gasteiger partial charge in [-0.1, -0.05) is 30.3 Å². The molecular formula is C27H28N8O. The second-order valence-electron chi connectivity index (χ2n) is 9.17. The molecule has 1 fully saturated rings. The van der Waals surface area contributed by atoms with E-state index in [1.54, 1.807) is 6.20 Å². The van der Waals surface area contributed by atoms with Crippen molar-refractivity contribution in [3.8, 4) is 22.9 Å². The number of hydrogen-bond acceptors (Lipinski definition) is 9. The topological polar surface area (TPSA) is 83.4 Å². The van der Waals surface area contributed by atoms with Crippen molar-refractivity contribution in [2.45, 2.75) is 19.1 Å². The van der Waals surface area contributed by atoms with Crippen LogP contribution < -0.4 is 14.7 Å². The molecule has 6 rings (SSSR count). The summed E-state index contributed by atoms with van der Waals surface area (Å²) >= 11 is 0. The minimum atomic E-state index is -0.0204. The van der Waals surface area contributed by atoms with Crippen LogP contribution in [-0.2, 0) is 4.74 Å². The van der Waals surface area contributed by atoms with Crippen LogP contribution >= 0.6 is 0 Å². The molecule has 2 atom stereocenters. The van der Waals surface area contributed by atoms with Crippen molar-refractivity contribution >= 4 is 17.3 Å². The van der Waals surface area contributed by atoms with E-state index in [1.165, 1.54) is 0 Å². The van der Waals surface area contributed by atoms with E-state index in [0.29, 0.717) is 30.6 Å². The molecule has 2 aliphatic rings. The highest BCUT2D eigenvalue weighted by Gasteiger charge is 2.39. The van der Waals surface area contributed by atoms with Gasteiger partial charge in [-0.05, 0) is 30.7 Å². The quantitative estimate of drug-likeness (QED) is 0.433. The fourth-order valence-electron chi connectivity index (χ4n) is 5.04. The summed E-state index contributed by atoms with van der Waals surface area (Å²) in [5, 5.41) is 0. The lowest BCUT2D eigenvalue weighted by Gasteiger charge is -2.36. The van der Waals surface area contributed by atoms with Crippen LogP contribution in [0.4, 0.5) is 17.3 Å². The molecule has 0 bridgehead atoms. The first kappa shape index (κ1) is 22.4. The van der Waals surface area contributed by atoms with Crippen LogP contribution in [0, 0.1) is 0 Å². The highest BCUT2D eigenvalue weighted by molar-refractivity contribution is 5.86. The highest BCUT2D eigenvalue weighted by Crippen LogP contribution is 2.48. The van der Waals surface area contributed by atoms with Crippen LogP contribution in [-0.4, -0.2) is 64.8 Å². The fourth-order valence-corrected chi connectivity index (χ4v) is 5.04. The molecule has 3 aromatic heterocycles. The number of morpholine rings is 1. The SMILES string of the molecule is CC1COCCN1c1nc(-c2ccnc(-c3ccccc3)n2)nc2c1N(C)C(c1ccncc1)N2C. The summed E-state index contributed by atoms with van der Waals surface area (Å²) < 4.78 is 5.73. The Balaban J connectivity index is 1.50. The van der Waals surface area contributed by atoms with Gasteiger partial charge in [0.25, 0.3) is 0 Å². The zero-order chi connectivity index (χ0) is 24.6. The first-order valence-electron chi connectivity index (χ1n) is 12.1. The van der Waals surface area contributed by atoms with Gasteiger partial charge in [-0.2, -0.15) is 0 Å². The lowest BCUT2D eigenvalue weighted by Crippen LogP contribution is -2.44. The van der Waals surface area contributed by atoms with Crippen molar-refractivity contribution in [2.75, 3.05) is 48.6 Å². The molecule has 0 N–H and O–H groups in total. The average Bonchev–Trinajstić information content (AvgIpc) is 3.19. The Morgan fingerprint density at radius 2 is 1.61 bits per heavy atom. The molecule has 4 aromatic rings. The molecule has 1 saturated heterocycles. The van der Waals surface area contributed by atoms with Crippen molar-refractivity contribution in [3.63, 3.8) is 0 Å². The Morgan fingerprint density at radius 1 is 0.833 bits per heavy atom. The Bertz CT molecular complexity index is 1370. The van der Waals surface area contributed by atoms with Gasteiger partial charge < -0.3 is 19.4 Å². The van der Waals surface area contributed by atoms with Gasteiger partial charge in [-0.15, -0.1) is 0 Å². The van der Waals surface area contributed by atoms with E-state index < -0.39 is 0 Å². The molecule has 1 aromatic carbocycles. The molecule has 0 radical (unpaired) electrons. The third-order valence-corrected chi connectivity index (χ3v) is 6.83. The first-order chi connectivity index (χ1) is 17.6. The van der Waals surface area contributed by atoms with Crippen LogP contribution in [0.25, 0.3) is 22.9 Å². The second-order valence-corrected chi connectivity index (χ2v) is 9.17. The number of nitrogens with zero attached hydrogens (tertiary/aromatic N) is 8. The van der Waals surface area contributed by atoms with Gasteiger partial charge in [0, 0.05) is 44.8 Å². The molecule has 36 heavy (non-hydrogen) atoms. The van der Waals surface area contributed by atoms with Gasteiger partial charge >= 0.3 is 0 Å².